The molecular formula is C16H26N2O. The van der Waals surface area contributed by atoms with Gasteiger partial charge in [-0.1, -0.05) is 26.7 Å². The molecular weight excluding hydrogens is 236 g/mol. The Morgan fingerprint density at radius 1 is 1.26 bits per heavy atom. The summed E-state index contributed by atoms with van der Waals surface area (Å²) in [6.45, 7) is 7.18. The number of amides is 1. The van der Waals surface area contributed by atoms with Gasteiger partial charge in [-0.25, -0.2) is 0 Å². The van der Waals surface area contributed by atoms with Gasteiger partial charge < -0.3 is 10.6 Å². The van der Waals surface area contributed by atoms with Gasteiger partial charge in [-0.3, -0.25) is 4.79 Å². The van der Waals surface area contributed by atoms with Gasteiger partial charge in [0.05, 0.1) is 0 Å². The molecule has 1 rings (SSSR count). The van der Waals surface area contributed by atoms with Crippen molar-refractivity contribution in [3.05, 3.63) is 29.3 Å². The second-order valence-corrected chi connectivity index (χ2v) is 5.43. The van der Waals surface area contributed by atoms with Crippen LogP contribution in [0.1, 0.15) is 49.0 Å². The third-order valence-corrected chi connectivity index (χ3v) is 3.25. The summed E-state index contributed by atoms with van der Waals surface area (Å²) in [5, 5.41) is 6.06. The summed E-state index contributed by atoms with van der Waals surface area (Å²) in [5.74, 6) is 0.775. The molecule has 0 fully saturated rings. The minimum absolute atomic E-state index is 0.0321. The fourth-order valence-electron chi connectivity index (χ4n) is 2.05. The standard InChI is InChI=1S/C16H26N2O/c1-12(2)7-5-6-10-18-16(19)15-9-8-14(17-4)11-13(15)3/h8-9,11-12,17H,5-7,10H2,1-4H3,(H,18,19). The van der Waals surface area contributed by atoms with Gasteiger partial charge in [0.1, 0.15) is 0 Å². The Hall–Kier alpha value is -1.51. The molecule has 0 aromatic heterocycles. The topological polar surface area (TPSA) is 41.1 Å². The lowest BCUT2D eigenvalue weighted by atomic mass is 10.1. The number of hydrogen-bond donors (Lipinski definition) is 2. The number of carbonyl (C=O) groups is 1. The molecule has 0 atom stereocenters. The predicted octanol–water partition coefficient (Wildman–Crippen LogP) is 3.59. The molecule has 0 saturated heterocycles. The van der Waals surface area contributed by atoms with E-state index in [9.17, 15) is 4.79 Å². The van der Waals surface area contributed by atoms with Crippen LogP contribution in [-0.4, -0.2) is 19.5 Å². The molecule has 0 unspecified atom stereocenters. The van der Waals surface area contributed by atoms with E-state index in [2.05, 4.69) is 24.5 Å². The number of rotatable bonds is 7. The van der Waals surface area contributed by atoms with Crippen molar-refractivity contribution < 1.29 is 4.79 Å². The zero-order valence-corrected chi connectivity index (χ0v) is 12.5. The van der Waals surface area contributed by atoms with Gasteiger partial charge >= 0.3 is 0 Å². The van der Waals surface area contributed by atoms with Crippen molar-refractivity contribution in [3.63, 3.8) is 0 Å². The Labute approximate surface area is 116 Å². The van der Waals surface area contributed by atoms with Crippen molar-refractivity contribution in [2.24, 2.45) is 5.92 Å². The second kappa shape index (κ2) is 7.82. The van der Waals surface area contributed by atoms with Crippen molar-refractivity contribution >= 4 is 11.6 Å². The zero-order valence-electron chi connectivity index (χ0n) is 12.5. The quantitative estimate of drug-likeness (QED) is 0.737. The minimum atomic E-state index is 0.0321. The van der Waals surface area contributed by atoms with E-state index in [4.69, 9.17) is 0 Å². The Morgan fingerprint density at radius 2 is 2.00 bits per heavy atom. The lowest BCUT2D eigenvalue weighted by molar-refractivity contribution is 0.0952. The summed E-state index contributed by atoms with van der Waals surface area (Å²) in [7, 11) is 1.88. The highest BCUT2D eigenvalue weighted by Gasteiger charge is 2.08. The Kier molecular flexibility index (Phi) is 6.40. The molecule has 0 bridgehead atoms. The lowest BCUT2D eigenvalue weighted by Crippen LogP contribution is -2.25. The third-order valence-electron chi connectivity index (χ3n) is 3.25. The molecule has 0 radical (unpaired) electrons. The van der Waals surface area contributed by atoms with E-state index in [1.807, 2.05) is 32.2 Å². The average Bonchev–Trinajstić information content (AvgIpc) is 2.37. The molecule has 0 aliphatic heterocycles. The lowest BCUT2D eigenvalue weighted by Gasteiger charge is -2.10. The van der Waals surface area contributed by atoms with Crippen molar-refractivity contribution in [1.82, 2.24) is 5.32 Å². The largest absolute Gasteiger partial charge is 0.388 e. The fraction of sp³-hybridized carbons (Fsp3) is 0.562. The van der Waals surface area contributed by atoms with Crippen LogP contribution in [-0.2, 0) is 0 Å². The van der Waals surface area contributed by atoms with Crippen molar-refractivity contribution in [1.29, 1.82) is 0 Å². The molecule has 2 N–H and O–H groups in total. The molecule has 0 aliphatic carbocycles. The highest BCUT2D eigenvalue weighted by molar-refractivity contribution is 5.96. The van der Waals surface area contributed by atoms with Crippen molar-refractivity contribution in [3.8, 4) is 0 Å². The van der Waals surface area contributed by atoms with E-state index in [1.165, 1.54) is 12.8 Å². The summed E-state index contributed by atoms with van der Waals surface area (Å²) in [6.07, 6.45) is 3.46. The van der Waals surface area contributed by atoms with E-state index >= 15 is 0 Å². The number of hydrogen-bond acceptors (Lipinski definition) is 2. The molecule has 3 nitrogen and oxygen atoms in total. The summed E-state index contributed by atoms with van der Waals surface area (Å²) in [4.78, 5) is 12.0. The van der Waals surface area contributed by atoms with E-state index in [1.54, 1.807) is 0 Å². The van der Waals surface area contributed by atoms with Gasteiger partial charge in [0, 0.05) is 24.8 Å². The number of nitrogens with one attached hydrogen (secondary N) is 2. The average molecular weight is 262 g/mol. The monoisotopic (exact) mass is 262 g/mol. The first-order valence-corrected chi connectivity index (χ1v) is 7.11. The number of aryl methyl sites for hydroxylation is 1. The third kappa shape index (κ3) is 5.33. The first kappa shape index (κ1) is 15.5. The highest BCUT2D eigenvalue weighted by Crippen LogP contribution is 2.14. The maximum Gasteiger partial charge on any atom is 0.251 e. The van der Waals surface area contributed by atoms with Crippen LogP contribution in [0.15, 0.2) is 18.2 Å². The summed E-state index contributed by atoms with van der Waals surface area (Å²) < 4.78 is 0. The first-order valence-electron chi connectivity index (χ1n) is 7.11. The van der Waals surface area contributed by atoms with Gasteiger partial charge in [-0.15, -0.1) is 0 Å². The first-order chi connectivity index (χ1) is 9.04. The fourth-order valence-corrected chi connectivity index (χ4v) is 2.05. The van der Waals surface area contributed by atoms with Crippen LogP contribution in [0.2, 0.25) is 0 Å². The van der Waals surface area contributed by atoms with Crippen LogP contribution < -0.4 is 10.6 Å². The molecule has 106 valence electrons. The normalized spacial score (nSPS) is 10.6. The zero-order chi connectivity index (χ0) is 14.3. The molecule has 0 saturated carbocycles. The highest BCUT2D eigenvalue weighted by atomic mass is 16.1. The number of anilines is 1. The molecule has 3 heteroatoms. The van der Waals surface area contributed by atoms with Gasteiger partial charge in [0.25, 0.3) is 5.91 Å². The van der Waals surface area contributed by atoms with Crippen LogP contribution >= 0.6 is 0 Å². The Bertz CT molecular complexity index is 413. The summed E-state index contributed by atoms with van der Waals surface area (Å²) in [6, 6.07) is 5.80. The van der Waals surface area contributed by atoms with Crippen LogP contribution in [0.5, 0.6) is 0 Å². The molecule has 1 aromatic carbocycles. The van der Waals surface area contributed by atoms with Gasteiger partial charge in [-0.2, -0.15) is 0 Å². The molecule has 19 heavy (non-hydrogen) atoms. The van der Waals surface area contributed by atoms with Crippen LogP contribution in [0, 0.1) is 12.8 Å². The van der Waals surface area contributed by atoms with E-state index in [0.717, 1.165) is 35.7 Å². The van der Waals surface area contributed by atoms with Crippen LogP contribution in [0.4, 0.5) is 5.69 Å². The van der Waals surface area contributed by atoms with Crippen molar-refractivity contribution in [2.45, 2.75) is 40.0 Å². The van der Waals surface area contributed by atoms with Crippen LogP contribution in [0.3, 0.4) is 0 Å². The molecule has 0 aliphatic rings. The summed E-state index contributed by atoms with van der Waals surface area (Å²) in [5.41, 5.74) is 2.81. The molecule has 1 amide bonds. The molecule has 0 heterocycles. The number of unbranched alkanes of at least 4 members (excludes halogenated alkanes) is 1. The van der Waals surface area contributed by atoms with E-state index < -0.39 is 0 Å². The van der Waals surface area contributed by atoms with E-state index in [0.29, 0.717) is 0 Å². The Balaban J connectivity index is 2.41. The summed E-state index contributed by atoms with van der Waals surface area (Å²) >= 11 is 0. The number of benzene rings is 1. The minimum Gasteiger partial charge on any atom is -0.388 e. The maximum absolute atomic E-state index is 12.0. The second-order valence-electron chi connectivity index (χ2n) is 5.43. The molecule has 0 spiro atoms. The van der Waals surface area contributed by atoms with Crippen LogP contribution in [0.25, 0.3) is 0 Å². The maximum atomic E-state index is 12.0. The molecule has 1 aromatic rings. The van der Waals surface area contributed by atoms with Crippen molar-refractivity contribution in [2.75, 3.05) is 18.9 Å². The number of carbonyl (C=O) groups excluding carboxylic acids is 1. The Morgan fingerprint density at radius 3 is 2.58 bits per heavy atom. The SMILES string of the molecule is CNc1ccc(C(=O)NCCCCC(C)C)c(C)c1. The van der Waals surface area contributed by atoms with Gasteiger partial charge in [-0.05, 0) is 43.0 Å². The van der Waals surface area contributed by atoms with Gasteiger partial charge in [0.2, 0.25) is 0 Å². The smallest absolute Gasteiger partial charge is 0.251 e. The predicted molar refractivity (Wildman–Crippen MR) is 81.7 cm³/mol. The van der Waals surface area contributed by atoms with E-state index in [-0.39, 0.29) is 5.91 Å². The van der Waals surface area contributed by atoms with Gasteiger partial charge in [0.15, 0.2) is 0 Å².